The van der Waals surface area contributed by atoms with Crippen molar-refractivity contribution in [1.29, 1.82) is 0 Å². The second kappa shape index (κ2) is 5.51. The summed E-state index contributed by atoms with van der Waals surface area (Å²) < 4.78 is 0. The fourth-order valence-corrected chi connectivity index (χ4v) is 1.71. The summed E-state index contributed by atoms with van der Waals surface area (Å²) in [6, 6.07) is 0.685. The van der Waals surface area contributed by atoms with Gasteiger partial charge in [0.15, 0.2) is 0 Å². The average Bonchev–Trinajstić information content (AvgIpc) is 2.15. The van der Waals surface area contributed by atoms with Gasteiger partial charge in [0.25, 0.3) is 0 Å². The van der Waals surface area contributed by atoms with Crippen molar-refractivity contribution in [2.45, 2.75) is 25.3 Å². The molecule has 2 N–H and O–H groups in total. The van der Waals surface area contributed by atoms with E-state index in [9.17, 15) is 0 Å². The Balaban J connectivity index is 2.15. The highest BCUT2D eigenvalue weighted by Crippen LogP contribution is 2.08. The molecule has 0 aromatic rings. The molecule has 1 heterocycles. The SMILES string of the molecule is CN(CCCO)C1CCCNC1. The van der Waals surface area contributed by atoms with Gasteiger partial charge < -0.3 is 15.3 Å². The number of rotatable bonds is 4. The van der Waals surface area contributed by atoms with Crippen LogP contribution in [0.1, 0.15) is 19.3 Å². The quantitative estimate of drug-likeness (QED) is 0.629. The van der Waals surface area contributed by atoms with Gasteiger partial charge in [-0.2, -0.15) is 0 Å². The summed E-state index contributed by atoms with van der Waals surface area (Å²) in [6.07, 6.45) is 3.48. The summed E-state index contributed by atoms with van der Waals surface area (Å²) in [7, 11) is 2.15. The molecule has 1 fully saturated rings. The van der Waals surface area contributed by atoms with Gasteiger partial charge in [0.05, 0.1) is 0 Å². The maximum atomic E-state index is 8.67. The lowest BCUT2D eigenvalue weighted by molar-refractivity contribution is 0.181. The molecular weight excluding hydrogens is 152 g/mol. The van der Waals surface area contributed by atoms with Crippen molar-refractivity contribution in [2.24, 2.45) is 0 Å². The van der Waals surface area contributed by atoms with E-state index in [-0.39, 0.29) is 0 Å². The lowest BCUT2D eigenvalue weighted by atomic mass is 10.1. The molecule has 0 amide bonds. The first-order valence-corrected chi connectivity index (χ1v) is 4.86. The lowest BCUT2D eigenvalue weighted by Gasteiger charge is -2.31. The molecule has 0 aliphatic carbocycles. The highest BCUT2D eigenvalue weighted by molar-refractivity contribution is 4.75. The predicted octanol–water partition coefficient (Wildman–Crippen LogP) is 0.0526. The normalized spacial score (nSPS) is 24.8. The summed E-state index contributed by atoms with van der Waals surface area (Å²) in [5.74, 6) is 0. The Bertz CT molecular complexity index is 113. The van der Waals surface area contributed by atoms with Gasteiger partial charge in [-0.25, -0.2) is 0 Å². The maximum Gasteiger partial charge on any atom is 0.0443 e. The molecule has 1 atom stereocenters. The van der Waals surface area contributed by atoms with Crippen molar-refractivity contribution < 1.29 is 5.11 Å². The Labute approximate surface area is 74.8 Å². The van der Waals surface area contributed by atoms with Crippen molar-refractivity contribution in [3.05, 3.63) is 0 Å². The Hall–Kier alpha value is -0.120. The zero-order valence-electron chi connectivity index (χ0n) is 7.92. The van der Waals surface area contributed by atoms with Crippen molar-refractivity contribution in [1.82, 2.24) is 10.2 Å². The van der Waals surface area contributed by atoms with Gasteiger partial charge in [-0.05, 0) is 32.9 Å². The Kier molecular flexibility index (Phi) is 4.58. The van der Waals surface area contributed by atoms with E-state index in [1.807, 2.05) is 0 Å². The molecule has 1 unspecified atom stereocenters. The third kappa shape index (κ3) is 3.09. The molecule has 1 saturated heterocycles. The summed E-state index contributed by atoms with van der Waals surface area (Å²) in [4.78, 5) is 2.35. The summed E-state index contributed by atoms with van der Waals surface area (Å²) in [5.41, 5.74) is 0. The maximum absolute atomic E-state index is 8.67. The number of hydrogen-bond donors (Lipinski definition) is 2. The van der Waals surface area contributed by atoms with E-state index in [0.717, 1.165) is 19.5 Å². The molecular formula is C9H20N2O. The zero-order valence-corrected chi connectivity index (χ0v) is 7.92. The lowest BCUT2D eigenvalue weighted by Crippen LogP contribution is -2.44. The molecule has 0 radical (unpaired) electrons. The number of piperidine rings is 1. The van der Waals surface area contributed by atoms with E-state index in [0.29, 0.717) is 12.6 Å². The van der Waals surface area contributed by atoms with Crippen LogP contribution in [0, 0.1) is 0 Å². The molecule has 0 spiro atoms. The zero-order chi connectivity index (χ0) is 8.81. The standard InChI is InChI=1S/C9H20N2O/c1-11(6-3-7-12)9-4-2-5-10-8-9/h9-10,12H,2-8H2,1H3. The minimum atomic E-state index is 0.310. The van der Waals surface area contributed by atoms with Crippen LogP contribution in [0.3, 0.4) is 0 Å². The molecule has 1 aliphatic heterocycles. The minimum absolute atomic E-state index is 0.310. The summed E-state index contributed by atoms with van der Waals surface area (Å²) >= 11 is 0. The molecule has 72 valence electrons. The fourth-order valence-electron chi connectivity index (χ4n) is 1.71. The average molecular weight is 172 g/mol. The second-order valence-corrected chi connectivity index (χ2v) is 3.56. The molecule has 0 bridgehead atoms. The van der Waals surface area contributed by atoms with Crippen molar-refractivity contribution in [3.8, 4) is 0 Å². The van der Waals surface area contributed by atoms with Gasteiger partial charge in [0, 0.05) is 25.7 Å². The van der Waals surface area contributed by atoms with E-state index < -0.39 is 0 Å². The van der Waals surface area contributed by atoms with E-state index in [1.165, 1.54) is 19.4 Å². The molecule has 12 heavy (non-hydrogen) atoms. The van der Waals surface area contributed by atoms with Gasteiger partial charge >= 0.3 is 0 Å². The highest BCUT2D eigenvalue weighted by atomic mass is 16.3. The molecule has 3 heteroatoms. The Morgan fingerprint density at radius 2 is 2.42 bits per heavy atom. The number of nitrogens with zero attached hydrogens (tertiary/aromatic N) is 1. The smallest absolute Gasteiger partial charge is 0.0443 e. The van der Waals surface area contributed by atoms with Gasteiger partial charge in [-0.3, -0.25) is 0 Å². The second-order valence-electron chi connectivity index (χ2n) is 3.56. The van der Waals surface area contributed by atoms with Crippen LogP contribution in [0.5, 0.6) is 0 Å². The molecule has 0 saturated carbocycles. The summed E-state index contributed by atoms with van der Waals surface area (Å²) in [6.45, 7) is 3.61. The van der Waals surface area contributed by atoms with Gasteiger partial charge in [-0.15, -0.1) is 0 Å². The molecule has 0 aromatic heterocycles. The van der Waals surface area contributed by atoms with Crippen LogP contribution in [0.25, 0.3) is 0 Å². The van der Waals surface area contributed by atoms with Crippen molar-refractivity contribution >= 4 is 0 Å². The van der Waals surface area contributed by atoms with Crippen LogP contribution in [0.15, 0.2) is 0 Å². The van der Waals surface area contributed by atoms with Crippen LogP contribution in [-0.4, -0.2) is 49.3 Å². The molecule has 0 aromatic carbocycles. The number of aliphatic hydroxyl groups excluding tert-OH is 1. The third-order valence-corrected chi connectivity index (χ3v) is 2.56. The van der Waals surface area contributed by atoms with Gasteiger partial charge in [0.1, 0.15) is 0 Å². The summed E-state index contributed by atoms with van der Waals surface area (Å²) in [5, 5.41) is 12.1. The van der Waals surface area contributed by atoms with Crippen LogP contribution in [-0.2, 0) is 0 Å². The molecule has 3 nitrogen and oxygen atoms in total. The number of nitrogens with one attached hydrogen (secondary N) is 1. The van der Waals surface area contributed by atoms with Crippen molar-refractivity contribution in [2.75, 3.05) is 33.3 Å². The Morgan fingerprint density at radius 1 is 1.58 bits per heavy atom. The van der Waals surface area contributed by atoms with Crippen LogP contribution >= 0.6 is 0 Å². The fraction of sp³-hybridized carbons (Fsp3) is 1.00. The Morgan fingerprint density at radius 3 is 3.00 bits per heavy atom. The topological polar surface area (TPSA) is 35.5 Å². The van der Waals surface area contributed by atoms with E-state index in [2.05, 4.69) is 17.3 Å². The first kappa shape index (κ1) is 9.96. The number of likely N-dealkylation sites (N-methyl/N-ethyl adjacent to an activating group) is 1. The monoisotopic (exact) mass is 172 g/mol. The van der Waals surface area contributed by atoms with Crippen LogP contribution in [0.2, 0.25) is 0 Å². The third-order valence-electron chi connectivity index (χ3n) is 2.56. The largest absolute Gasteiger partial charge is 0.396 e. The van der Waals surface area contributed by atoms with Crippen LogP contribution < -0.4 is 5.32 Å². The predicted molar refractivity (Wildman–Crippen MR) is 50.2 cm³/mol. The van der Waals surface area contributed by atoms with Gasteiger partial charge in [0.2, 0.25) is 0 Å². The minimum Gasteiger partial charge on any atom is -0.396 e. The molecule has 1 aliphatic rings. The first-order valence-electron chi connectivity index (χ1n) is 4.86. The molecule has 1 rings (SSSR count). The van der Waals surface area contributed by atoms with Crippen LogP contribution in [0.4, 0.5) is 0 Å². The van der Waals surface area contributed by atoms with E-state index in [1.54, 1.807) is 0 Å². The number of hydrogen-bond acceptors (Lipinski definition) is 3. The van der Waals surface area contributed by atoms with Gasteiger partial charge in [-0.1, -0.05) is 0 Å². The highest BCUT2D eigenvalue weighted by Gasteiger charge is 2.16. The first-order chi connectivity index (χ1) is 5.84. The van der Waals surface area contributed by atoms with E-state index >= 15 is 0 Å². The number of aliphatic hydroxyl groups is 1. The van der Waals surface area contributed by atoms with E-state index in [4.69, 9.17) is 5.11 Å². The van der Waals surface area contributed by atoms with Crippen molar-refractivity contribution in [3.63, 3.8) is 0 Å².